The topological polar surface area (TPSA) is 38.4 Å². The molecule has 0 fully saturated rings. The van der Waals surface area contributed by atoms with E-state index in [0.717, 1.165) is 0 Å². The number of rotatable bonds is 4. The molecule has 0 aliphatic heterocycles. The summed E-state index contributed by atoms with van der Waals surface area (Å²) in [6, 6.07) is 0. The zero-order valence-corrected chi connectivity index (χ0v) is 6.53. The van der Waals surface area contributed by atoms with Crippen LogP contribution in [0.3, 0.4) is 0 Å². The fourth-order valence-corrected chi connectivity index (χ4v) is 0.795. The van der Waals surface area contributed by atoms with Crippen molar-refractivity contribution in [2.24, 2.45) is 10.7 Å². The number of nitrogens with zero attached hydrogens (tertiary/aromatic N) is 1. The van der Waals surface area contributed by atoms with Gasteiger partial charge in [-0.25, -0.2) is 0 Å². The van der Waals surface area contributed by atoms with Crippen LogP contribution in [0.4, 0.5) is 4.39 Å². The van der Waals surface area contributed by atoms with Crippen molar-refractivity contribution in [3.05, 3.63) is 12.7 Å². The smallest absolute Gasteiger partial charge is 0.154 e. The predicted molar refractivity (Wildman–Crippen MR) is 45.1 cm³/mol. The van der Waals surface area contributed by atoms with Gasteiger partial charge < -0.3 is 5.73 Å². The van der Waals surface area contributed by atoms with Gasteiger partial charge in [0.1, 0.15) is 0 Å². The largest absolute Gasteiger partial charge is 0.379 e. The number of amidine groups is 1. The highest BCUT2D eigenvalue weighted by atomic mass is 32.2. The molecule has 0 aliphatic rings. The lowest BCUT2D eigenvalue weighted by Crippen LogP contribution is -2.08. The molecule has 0 aromatic heterocycles. The van der Waals surface area contributed by atoms with Crippen LogP contribution in [0.1, 0.15) is 0 Å². The molecule has 0 atom stereocenters. The standard InChI is InChI=1S/C6H11FN2S/c1-2-4-9-6(8)10-5-3-7/h2H,1,3-5H2,(H2,8,9). The van der Waals surface area contributed by atoms with Crippen molar-refractivity contribution >= 4 is 16.9 Å². The maximum absolute atomic E-state index is 11.5. The van der Waals surface area contributed by atoms with E-state index in [2.05, 4.69) is 11.6 Å². The van der Waals surface area contributed by atoms with Crippen LogP contribution in [-0.2, 0) is 0 Å². The molecule has 2 nitrogen and oxygen atoms in total. The van der Waals surface area contributed by atoms with E-state index >= 15 is 0 Å². The number of hydrogen-bond acceptors (Lipinski definition) is 2. The van der Waals surface area contributed by atoms with Gasteiger partial charge in [0, 0.05) is 5.75 Å². The number of aliphatic imine (C=N–C) groups is 1. The Hall–Kier alpha value is -0.510. The van der Waals surface area contributed by atoms with Crippen LogP contribution in [-0.4, -0.2) is 24.1 Å². The quantitative estimate of drug-likeness (QED) is 0.383. The fourth-order valence-electron chi connectivity index (χ4n) is 0.343. The van der Waals surface area contributed by atoms with Crippen molar-refractivity contribution < 1.29 is 4.39 Å². The fraction of sp³-hybridized carbons (Fsp3) is 0.500. The van der Waals surface area contributed by atoms with Crippen LogP contribution in [0.15, 0.2) is 17.6 Å². The molecule has 0 aromatic rings. The lowest BCUT2D eigenvalue weighted by Gasteiger charge is -1.94. The molecule has 0 radical (unpaired) electrons. The summed E-state index contributed by atoms with van der Waals surface area (Å²) in [6.07, 6.45) is 1.64. The van der Waals surface area contributed by atoms with Gasteiger partial charge in [-0.2, -0.15) is 0 Å². The van der Waals surface area contributed by atoms with Crippen LogP contribution in [0, 0.1) is 0 Å². The van der Waals surface area contributed by atoms with Crippen molar-refractivity contribution in [3.8, 4) is 0 Å². The van der Waals surface area contributed by atoms with E-state index in [1.54, 1.807) is 6.08 Å². The summed E-state index contributed by atoms with van der Waals surface area (Å²) >= 11 is 1.22. The van der Waals surface area contributed by atoms with E-state index in [0.29, 0.717) is 17.5 Å². The molecule has 0 saturated carbocycles. The van der Waals surface area contributed by atoms with Crippen LogP contribution in [0.5, 0.6) is 0 Å². The van der Waals surface area contributed by atoms with Gasteiger partial charge >= 0.3 is 0 Å². The normalized spacial score (nSPS) is 11.5. The van der Waals surface area contributed by atoms with Crippen molar-refractivity contribution in [1.29, 1.82) is 0 Å². The van der Waals surface area contributed by atoms with Gasteiger partial charge in [0.15, 0.2) is 5.17 Å². The minimum atomic E-state index is -0.366. The van der Waals surface area contributed by atoms with Crippen LogP contribution in [0.2, 0.25) is 0 Å². The lowest BCUT2D eigenvalue weighted by atomic mass is 10.7. The third-order valence-corrected chi connectivity index (χ3v) is 1.49. The highest BCUT2D eigenvalue weighted by molar-refractivity contribution is 8.13. The van der Waals surface area contributed by atoms with E-state index in [1.807, 2.05) is 0 Å². The summed E-state index contributed by atoms with van der Waals surface area (Å²) in [5, 5.41) is 0.428. The third-order valence-electron chi connectivity index (χ3n) is 0.703. The second-order valence-corrected chi connectivity index (χ2v) is 2.62. The molecule has 0 aromatic carbocycles. The van der Waals surface area contributed by atoms with Gasteiger partial charge in [-0.05, 0) is 0 Å². The Bertz CT molecular complexity index is 125. The van der Waals surface area contributed by atoms with Crippen molar-refractivity contribution in [1.82, 2.24) is 0 Å². The first-order valence-electron chi connectivity index (χ1n) is 2.91. The second kappa shape index (κ2) is 6.61. The first-order valence-corrected chi connectivity index (χ1v) is 3.89. The molecule has 0 amide bonds. The first-order chi connectivity index (χ1) is 4.81. The van der Waals surface area contributed by atoms with E-state index in [-0.39, 0.29) is 6.67 Å². The third kappa shape index (κ3) is 5.62. The minimum absolute atomic E-state index is 0.366. The van der Waals surface area contributed by atoms with Crippen molar-refractivity contribution in [2.45, 2.75) is 0 Å². The van der Waals surface area contributed by atoms with Gasteiger partial charge in [-0.15, -0.1) is 6.58 Å². The Morgan fingerprint density at radius 1 is 1.80 bits per heavy atom. The van der Waals surface area contributed by atoms with E-state index in [4.69, 9.17) is 5.73 Å². The molecular weight excluding hydrogens is 151 g/mol. The number of hydrogen-bond donors (Lipinski definition) is 1. The van der Waals surface area contributed by atoms with E-state index < -0.39 is 0 Å². The SMILES string of the molecule is C=CCN=C(N)SCCF. The monoisotopic (exact) mass is 162 g/mol. The maximum atomic E-state index is 11.5. The second-order valence-electron chi connectivity index (χ2n) is 1.51. The highest BCUT2D eigenvalue weighted by Crippen LogP contribution is 1.98. The average Bonchev–Trinajstić information content (AvgIpc) is 1.97. The number of thioether (sulfide) groups is 1. The first kappa shape index (κ1) is 9.49. The van der Waals surface area contributed by atoms with Crippen molar-refractivity contribution in [2.75, 3.05) is 19.0 Å². The summed E-state index contributed by atoms with van der Waals surface area (Å²) in [6.45, 7) is 3.61. The van der Waals surface area contributed by atoms with E-state index in [1.165, 1.54) is 11.8 Å². The van der Waals surface area contributed by atoms with Gasteiger partial charge in [0.05, 0.1) is 13.2 Å². The average molecular weight is 162 g/mol. The number of halogens is 1. The highest BCUT2D eigenvalue weighted by Gasteiger charge is 1.90. The minimum Gasteiger partial charge on any atom is -0.379 e. The lowest BCUT2D eigenvalue weighted by molar-refractivity contribution is 0.533. The van der Waals surface area contributed by atoms with Crippen LogP contribution < -0.4 is 5.73 Å². The van der Waals surface area contributed by atoms with Crippen LogP contribution >= 0.6 is 11.8 Å². The summed E-state index contributed by atoms with van der Waals surface area (Å²) in [5.41, 5.74) is 5.34. The molecule has 0 unspecified atom stereocenters. The molecule has 0 aliphatic carbocycles. The molecule has 0 spiro atoms. The molecule has 2 N–H and O–H groups in total. The Labute approximate surface area is 64.4 Å². The summed E-state index contributed by atoms with van der Waals surface area (Å²) in [5.74, 6) is 0.381. The van der Waals surface area contributed by atoms with Gasteiger partial charge in [0.2, 0.25) is 0 Å². The summed E-state index contributed by atoms with van der Waals surface area (Å²) < 4.78 is 11.5. The van der Waals surface area contributed by atoms with Crippen molar-refractivity contribution in [3.63, 3.8) is 0 Å². The molecule has 4 heteroatoms. The zero-order chi connectivity index (χ0) is 7.82. The molecule has 0 saturated heterocycles. The molecule has 58 valence electrons. The molecule has 0 bridgehead atoms. The van der Waals surface area contributed by atoms with Crippen LogP contribution in [0.25, 0.3) is 0 Å². The Kier molecular flexibility index (Phi) is 6.27. The summed E-state index contributed by atoms with van der Waals surface area (Å²) in [4.78, 5) is 3.85. The summed E-state index contributed by atoms with van der Waals surface area (Å²) in [7, 11) is 0. The Morgan fingerprint density at radius 3 is 3.00 bits per heavy atom. The van der Waals surface area contributed by atoms with Gasteiger partial charge in [-0.1, -0.05) is 17.8 Å². The van der Waals surface area contributed by atoms with Gasteiger partial charge in [-0.3, -0.25) is 9.38 Å². The van der Waals surface area contributed by atoms with E-state index in [9.17, 15) is 4.39 Å². The predicted octanol–water partition coefficient (Wildman–Crippen LogP) is 1.19. The van der Waals surface area contributed by atoms with Gasteiger partial charge in [0.25, 0.3) is 0 Å². The Balaban J connectivity index is 3.38. The molecular formula is C6H11FN2S. The number of alkyl halides is 1. The number of nitrogens with two attached hydrogens (primary N) is 1. The molecule has 0 rings (SSSR count). The molecule has 10 heavy (non-hydrogen) atoms. The maximum Gasteiger partial charge on any atom is 0.154 e. The molecule has 0 heterocycles. The zero-order valence-electron chi connectivity index (χ0n) is 5.72. The Morgan fingerprint density at radius 2 is 2.50 bits per heavy atom.